The van der Waals surface area contributed by atoms with E-state index in [1.165, 1.54) is 5.56 Å². The zero-order chi connectivity index (χ0) is 19.7. The molecule has 2 heterocycles. The smallest absolute Gasteiger partial charge is 0.229 e. The lowest BCUT2D eigenvalue weighted by molar-refractivity contribution is 0.965. The molecule has 2 aromatic carbocycles. The molecule has 0 fully saturated rings. The van der Waals surface area contributed by atoms with Gasteiger partial charge in [-0.2, -0.15) is 4.98 Å². The predicted octanol–water partition coefficient (Wildman–Crippen LogP) is 4.02. The molecular formula is C21H23N7. The van der Waals surface area contributed by atoms with Crippen LogP contribution in [0.4, 0.5) is 29.1 Å². The SMILES string of the molecule is CCc1ccc(Nc2nccc(N(C)c3ccc4c(c3)nc(N)n4C)n2)cc1. The number of rotatable bonds is 5. The highest BCUT2D eigenvalue weighted by Gasteiger charge is 2.11. The normalized spacial score (nSPS) is 11.0. The van der Waals surface area contributed by atoms with E-state index < -0.39 is 0 Å². The summed E-state index contributed by atoms with van der Waals surface area (Å²) in [7, 11) is 3.87. The van der Waals surface area contributed by atoms with E-state index in [1.807, 2.05) is 60.0 Å². The van der Waals surface area contributed by atoms with E-state index in [4.69, 9.17) is 5.73 Å². The molecule has 0 aliphatic carbocycles. The molecule has 0 spiro atoms. The average molecular weight is 373 g/mol. The Morgan fingerprint density at radius 3 is 2.61 bits per heavy atom. The Morgan fingerprint density at radius 1 is 1.07 bits per heavy atom. The maximum Gasteiger partial charge on any atom is 0.229 e. The molecule has 4 aromatic rings. The first-order valence-corrected chi connectivity index (χ1v) is 9.20. The van der Waals surface area contributed by atoms with Crippen molar-refractivity contribution in [2.45, 2.75) is 13.3 Å². The molecule has 3 N–H and O–H groups in total. The highest BCUT2D eigenvalue weighted by Crippen LogP contribution is 2.27. The van der Waals surface area contributed by atoms with Crippen LogP contribution in [-0.4, -0.2) is 26.6 Å². The molecular weight excluding hydrogens is 350 g/mol. The minimum atomic E-state index is 0.498. The maximum absolute atomic E-state index is 5.91. The molecule has 7 nitrogen and oxygen atoms in total. The van der Waals surface area contributed by atoms with Crippen LogP contribution >= 0.6 is 0 Å². The van der Waals surface area contributed by atoms with Gasteiger partial charge >= 0.3 is 0 Å². The molecule has 2 aromatic heterocycles. The fraction of sp³-hybridized carbons (Fsp3) is 0.190. The summed E-state index contributed by atoms with van der Waals surface area (Å²) < 4.78 is 1.87. The van der Waals surface area contributed by atoms with Gasteiger partial charge in [-0.05, 0) is 48.4 Å². The van der Waals surface area contributed by atoms with Crippen molar-refractivity contribution >= 4 is 40.1 Å². The van der Waals surface area contributed by atoms with Crippen molar-refractivity contribution in [3.63, 3.8) is 0 Å². The number of hydrogen-bond donors (Lipinski definition) is 2. The average Bonchev–Trinajstić information content (AvgIpc) is 3.01. The van der Waals surface area contributed by atoms with E-state index in [1.54, 1.807) is 6.20 Å². The van der Waals surface area contributed by atoms with E-state index in [0.717, 1.165) is 34.6 Å². The van der Waals surface area contributed by atoms with Gasteiger partial charge < -0.3 is 20.5 Å². The third kappa shape index (κ3) is 3.34. The van der Waals surface area contributed by atoms with Gasteiger partial charge in [-0.1, -0.05) is 19.1 Å². The summed E-state index contributed by atoms with van der Waals surface area (Å²) in [6, 6.07) is 16.2. The van der Waals surface area contributed by atoms with Crippen molar-refractivity contribution in [1.29, 1.82) is 0 Å². The molecule has 0 radical (unpaired) electrons. The molecule has 0 atom stereocenters. The first-order chi connectivity index (χ1) is 13.5. The molecule has 0 amide bonds. The Labute approximate surface area is 163 Å². The van der Waals surface area contributed by atoms with E-state index in [-0.39, 0.29) is 0 Å². The van der Waals surface area contributed by atoms with Gasteiger partial charge in [0, 0.05) is 31.7 Å². The lowest BCUT2D eigenvalue weighted by atomic mass is 10.1. The van der Waals surface area contributed by atoms with Gasteiger partial charge in [-0.25, -0.2) is 9.97 Å². The monoisotopic (exact) mass is 373 g/mol. The largest absolute Gasteiger partial charge is 0.369 e. The van der Waals surface area contributed by atoms with E-state index in [2.05, 4.69) is 39.3 Å². The first kappa shape index (κ1) is 17.8. The Balaban J connectivity index is 1.59. The number of anilines is 5. The quantitative estimate of drug-likeness (QED) is 0.550. The van der Waals surface area contributed by atoms with Gasteiger partial charge in [0.1, 0.15) is 5.82 Å². The molecule has 0 saturated heterocycles. The van der Waals surface area contributed by atoms with Crippen molar-refractivity contribution < 1.29 is 0 Å². The fourth-order valence-electron chi connectivity index (χ4n) is 3.10. The summed E-state index contributed by atoms with van der Waals surface area (Å²) in [6.07, 6.45) is 2.77. The summed E-state index contributed by atoms with van der Waals surface area (Å²) in [6.45, 7) is 2.14. The van der Waals surface area contributed by atoms with Crippen molar-refractivity contribution in [3.8, 4) is 0 Å². The molecule has 0 unspecified atom stereocenters. The first-order valence-electron chi connectivity index (χ1n) is 9.20. The summed E-state index contributed by atoms with van der Waals surface area (Å²) in [5.41, 5.74) is 11.0. The molecule has 0 aliphatic rings. The van der Waals surface area contributed by atoms with Crippen LogP contribution in [0.15, 0.2) is 54.7 Å². The zero-order valence-corrected chi connectivity index (χ0v) is 16.2. The standard InChI is InChI=1S/C21H23N7/c1-4-14-5-7-15(8-6-14)24-21-23-12-11-19(26-21)27(2)16-9-10-18-17(13-16)25-20(22)28(18)3/h5-13H,4H2,1-3H3,(H2,22,25)(H,23,24,26). The number of hydrogen-bond acceptors (Lipinski definition) is 6. The molecule has 7 heteroatoms. The number of nitrogens with zero attached hydrogens (tertiary/aromatic N) is 5. The minimum Gasteiger partial charge on any atom is -0.369 e. The minimum absolute atomic E-state index is 0.498. The van der Waals surface area contributed by atoms with Crippen molar-refractivity contribution in [2.24, 2.45) is 7.05 Å². The zero-order valence-electron chi connectivity index (χ0n) is 16.2. The number of fused-ring (bicyclic) bond motifs is 1. The second kappa shape index (κ2) is 7.19. The molecule has 142 valence electrons. The topological polar surface area (TPSA) is 84.9 Å². The van der Waals surface area contributed by atoms with E-state index in [9.17, 15) is 0 Å². The second-order valence-corrected chi connectivity index (χ2v) is 6.67. The van der Waals surface area contributed by atoms with Crippen LogP contribution in [0.3, 0.4) is 0 Å². The third-order valence-corrected chi connectivity index (χ3v) is 4.89. The molecule has 0 bridgehead atoms. The summed E-state index contributed by atoms with van der Waals surface area (Å²) >= 11 is 0. The van der Waals surface area contributed by atoms with Gasteiger partial charge in [-0.3, -0.25) is 0 Å². The van der Waals surface area contributed by atoms with Crippen molar-refractivity contribution in [1.82, 2.24) is 19.5 Å². The molecule has 0 aliphatic heterocycles. The van der Waals surface area contributed by atoms with Gasteiger partial charge in [0.25, 0.3) is 0 Å². The highest BCUT2D eigenvalue weighted by molar-refractivity contribution is 5.83. The number of nitrogens with two attached hydrogens (primary N) is 1. The van der Waals surface area contributed by atoms with Crippen LogP contribution < -0.4 is 16.0 Å². The maximum atomic E-state index is 5.91. The fourth-order valence-corrected chi connectivity index (χ4v) is 3.10. The molecule has 0 saturated carbocycles. The third-order valence-electron chi connectivity index (χ3n) is 4.89. The summed E-state index contributed by atoms with van der Waals surface area (Å²) in [5, 5.41) is 3.26. The number of benzene rings is 2. The van der Waals surface area contributed by atoms with E-state index >= 15 is 0 Å². The lowest BCUT2D eigenvalue weighted by Crippen LogP contribution is -2.12. The van der Waals surface area contributed by atoms with Crippen LogP contribution in [-0.2, 0) is 13.5 Å². The number of aromatic nitrogens is 4. The van der Waals surface area contributed by atoms with E-state index in [0.29, 0.717) is 11.9 Å². The van der Waals surface area contributed by atoms with Gasteiger partial charge in [-0.15, -0.1) is 0 Å². The van der Waals surface area contributed by atoms with Gasteiger partial charge in [0.2, 0.25) is 11.9 Å². The Morgan fingerprint density at radius 2 is 1.86 bits per heavy atom. The second-order valence-electron chi connectivity index (χ2n) is 6.67. The lowest BCUT2D eigenvalue weighted by Gasteiger charge is -2.19. The molecule has 4 rings (SSSR count). The highest BCUT2D eigenvalue weighted by atomic mass is 15.2. The van der Waals surface area contributed by atoms with Crippen LogP contribution in [0, 0.1) is 0 Å². The van der Waals surface area contributed by atoms with Crippen molar-refractivity contribution in [2.75, 3.05) is 23.0 Å². The number of aryl methyl sites for hydroxylation is 2. The summed E-state index contributed by atoms with van der Waals surface area (Å²) in [4.78, 5) is 15.4. The van der Waals surface area contributed by atoms with Crippen LogP contribution in [0.1, 0.15) is 12.5 Å². The Kier molecular flexibility index (Phi) is 4.57. The van der Waals surface area contributed by atoms with Crippen LogP contribution in [0.5, 0.6) is 0 Å². The molecule has 28 heavy (non-hydrogen) atoms. The predicted molar refractivity (Wildman–Crippen MR) is 114 cm³/mol. The van der Waals surface area contributed by atoms with Gasteiger partial charge in [0.05, 0.1) is 11.0 Å². The van der Waals surface area contributed by atoms with Crippen LogP contribution in [0.2, 0.25) is 0 Å². The van der Waals surface area contributed by atoms with Gasteiger partial charge in [0.15, 0.2) is 0 Å². The van der Waals surface area contributed by atoms with Crippen molar-refractivity contribution in [3.05, 3.63) is 60.3 Å². The number of nitrogen functional groups attached to an aromatic ring is 1. The Hall–Kier alpha value is -3.61. The number of nitrogens with one attached hydrogen (secondary N) is 1. The Bertz CT molecular complexity index is 1120. The summed E-state index contributed by atoms with van der Waals surface area (Å²) in [5.74, 6) is 1.83. The number of imidazole rings is 1. The van der Waals surface area contributed by atoms with Crippen LogP contribution in [0.25, 0.3) is 11.0 Å².